The monoisotopic (exact) mass is 488 g/mol. The third-order valence-corrected chi connectivity index (χ3v) is 8.07. The molecule has 0 heterocycles. The van der Waals surface area contributed by atoms with E-state index in [-0.39, 0.29) is 36.1 Å². The van der Waals surface area contributed by atoms with E-state index in [1.807, 2.05) is 0 Å². The van der Waals surface area contributed by atoms with E-state index in [2.05, 4.69) is 17.6 Å². The molecule has 4 bridgehead atoms. The Morgan fingerprint density at radius 1 is 0.943 bits per heavy atom. The highest BCUT2D eigenvalue weighted by Gasteiger charge is 2.53. The maximum atomic E-state index is 12.5. The quantitative estimate of drug-likeness (QED) is 0.487. The zero-order valence-corrected chi connectivity index (χ0v) is 21.0. The van der Waals surface area contributed by atoms with Crippen molar-refractivity contribution in [3.63, 3.8) is 0 Å². The summed E-state index contributed by atoms with van der Waals surface area (Å²) in [4.78, 5) is 37.2. The van der Waals surface area contributed by atoms with Crippen LogP contribution in [0.2, 0.25) is 0 Å². The Hall–Kier alpha value is -2.97. The minimum atomic E-state index is -0.691. The van der Waals surface area contributed by atoms with Crippen molar-refractivity contribution < 1.29 is 33.3 Å². The number of hydrogen-bond donors (Lipinski definition) is 2. The Morgan fingerprint density at radius 2 is 1.49 bits per heavy atom. The van der Waals surface area contributed by atoms with E-state index in [4.69, 9.17) is 18.9 Å². The Kier molecular flexibility index (Phi) is 7.42. The van der Waals surface area contributed by atoms with E-state index in [0.717, 1.165) is 17.8 Å². The SMILES string of the molecule is COc1cc(C(=O)NCC(=O)OCC(=O)NC(C)C23CC4CC(CC(C4)C2)C3)cc(OC)c1OC. The number of nitrogens with one attached hydrogen (secondary N) is 2. The van der Waals surface area contributed by atoms with Crippen molar-refractivity contribution in [2.24, 2.45) is 23.2 Å². The number of benzene rings is 1. The first kappa shape index (κ1) is 25.1. The maximum absolute atomic E-state index is 12.5. The summed E-state index contributed by atoms with van der Waals surface area (Å²) < 4.78 is 20.8. The first-order valence-corrected chi connectivity index (χ1v) is 12.3. The second-order valence-corrected chi connectivity index (χ2v) is 10.3. The van der Waals surface area contributed by atoms with Crippen molar-refractivity contribution in [3.8, 4) is 17.2 Å². The van der Waals surface area contributed by atoms with Gasteiger partial charge in [0.15, 0.2) is 18.1 Å². The third kappa shape index (κ3) is 5.33. The van der Waals surface area contributed by atoms with E-state index in [0.29, 0.717) is 17.2 Å². The zero-order chi connectivity index (χ0) is 25.2. The molecule has 192 valence electrons. The van der Waals surface area contributed by atoms with Crippen molar-refractivity contribution in [1.29, 1.82) is 0 Å². The fraction of sp³-hybridized carbons (Fsp3) is 0.654. The summed E-state index contributed by atoms with van der Waals surface area (Å²) in [6.07, 6.45) is 7.60. The van der Waals surface area contributed by atoms with Crippen LogP contribution in [0.15, 0.2) is 12.1 Å². The second kappa shape index (κ2) is 10.3. The van der Waals surface area contributed by atoms with Crippen LogP contribution in [0.3, 0.4) is 0 Å². The van der Waals surface area contributed by atoms with Crippen molar-refractivity contribution in [2.75, 3.05) is 34.5 Å². The summed E-state index contributed by atoms with van der Waals surface area (Å²) in [5.41, 5.74) is 0.414. The van der Waals surface area contributed by atoms with Gasteiger partial charge in [0.2, 0.25) is 5.75 Å². The van der Waals surface area contributed by atoms with Crippen LogP contribution >= 0.6 is 0 Å². The van der Waals surface area contributed by atoms with Crippen LogP contribution in [0.25, 0.3) is 0 Å². The number of carbonyl (C=O) groups is 3. The molecule has 1 aromatic carbocycles. The van der Waals surface area contributed by atoms with Crippen molar-refractivity contribution >= 4 is 17.8 Å². The molecule has 0 spiro atoms. The van der Waals surface area contributed by atoms with E-state index in [1.54, 1.807) is 0 Å². The number of carbonyl (C=O) groups excluding carboxylic acids is 3. The van der Waals surface area contributed by atoms with Gasteiger partial charge in [0.05, 0.1) is 21.3 Å². The molecule has 0 aliphatic heterocycles. The molecule has 2 N–H and O–H groups in total. The van der Waals surface area contributed by atoms with E-state index in [1.165, 1.54) is 72.0 Å². The predicted octanol–water partition coefficient (Wildman–Crippen LogP) is 2.71. The topological polar surface area (TPSA) is 112 Å². The first-order valence-electron chi connectivity index (χ1n) is 12.3. The van der Waals surface area contributed by atoms with Gasteiger partial charge in [-0.3, -0.25) is 14.4 Å². The van der Waals surface area contributed by atoms with Crippen LogP contribution in [0.1, 0.15) is 55.8 Å². The molecular formula is C26H36N2O7. The minimum Gasteiger partial charge on any atom is -0.493 e. The van der Waals surface area contributed by atoms with Gasteiger partial charge in [-0.15, -0.1) is 0 Å². The molecule has 9 nitrogen and oxygen atoms in total. The molecule has 35 heavy (non-hydrogen) atoms. The van der Waals surface area contributed by atoms with Gasteiger partial charge in [-0.2, -0.15) is 0 Å². The van der Waals surface area contributed by atoms with Gasteiger partial charge in [-0.05, 0) is 80.8 Å². The Bertz CT molecular complexity index is 916. The molecule has 1 unspecified atom stereocenters. The number of amides is 2. The molecule has 4 aliphatic rings. The highest BCUT2D eigenvalue weighted by atomic mass is 16.5. The van der Waals surface area contributed by atoms with Gasteiger partial charge < -0.3 is 29.6 Å². The molecule has 4 aliphatic carbocycles. The number of methoxy groups -OCH3 is 3. The molecule has 5 rings (SSSR count). The Labute approximate surface area is 206 Å². The normalized spacial score (nSPS) is 27.0. The summed E-state index contributed by atoms with van der Waals surface area (Å²) in [6.45, 7) is 1.35. The van der Waals surface area contributed by atoms with Gasteiger partial charge >= 0.3 is 5.97 Å². The van der Waals surface area contributed by atoms with Crippen LogP contribution in [-0.2, 0) is 14.3 Å². The molecule has 0 saturated heterocycles. The lowest BCUT2D eigenvalue weighted by Gasteiger charge is -2.59. The Balaban J connectivity index is 1.24. The van der Waals surface area contributed by atoms with Crippen LogP contribution in [0.4, 0.5) is 0 Å². The standard InChI is InChI=1S/C26H36N2O7/c1-15(26-10-16-5-17(11-26)7-18(6-16)12-26)28-22(29)14-35-23(30)13-27-25(31)19-8-20(32-2)24(34-4)21(9-19)33-3/h8-9,15-18H,5-7,10-14H2,1-4H3,(H,27,31)(H,28,29). The average Bonchev–Trinajstić information content (AvgIpc) is 2.84. The molecule has 2 amide bonds. The van der Waals surface area contributed by atoms with Crippen LogP contribution < -0.4 is 24.8 Å². The van der Waals surface area contributed by atoms with Gasteiger partial charge in [0.25, 0.3) is 11.8 Å². The van der Waals surface area contributed by atoms with Gasteiger partial charge in [0, 0.05) is 11.6 Å². The van der Waals surface area contributed by atoms with E-state index >= 15 is 0 Å². The summed E-state index contributed by atoms with van der Waals surface area (Å²) in [6, 6.07) is 3.03. The molecular weight excluding hydrogens is 452 g/mol. The highest BCUT2D eigenvalue weighted by Crippen LogP contribution is 2.61. The van der Waals surface area contributed by atoms with Crippen molar-refractivity contribution in [1.82, 2.24) is 10.6 Å². The fourth-order valence-corrected chi connectivity index (χ4v) is 6.81. The summed E-state index contributed by atoms with van der Waals surface area (Å²) in [7, 11) is 4.37. The molecule has 0 aromatic heterocycles. The number of rotatable bonds is 10. The Morgan fingerprint density at radius 3 is 1.97 bits per heavy atom. The molecule has 0 radical (unpaired) electrons. The summed E-state index contributed by atoms with van der Waals surface area (Å²) in [5.74, 6) is 1.89. The molecule has 9 heteroatoms. The fourth-order valence-electron chi connectivity index (χ4n) is 6.81. The highest BCUT2D eigenvalue weighted by molar-refractivity contribution is 5.97. The number of hydrogen-bond acceptors (Lipinski definition) is 7. The molecule has 4 fully saturated rings. The van der Waals surface area contributed by atoms with Gasteiger partial charge in [-0.1, -0.05) is 0 Å². The molecule has 4 saturated carbocycles. The average molecular weight is 489 g/mol. The summed E-state index contributed by atoms with van der Waals surface area (Å²) >= 11 is 0. The lowest BCUT2D eigenvalue weighted by Crippen LogP contribution is -2.56. The summed E-state index contributed by atoms with van der Waals surface area (Å²) in [5, 5.41) is 5.57. The molecule has 1 atom stereocenters. The van der Waals surface area contributed by atoms with Crippen molar-refractivity contribution in [2.45, 2.75) is 51.5 Å². The van der Waals surface area contributed by atoms with E-state index in [9.17, 15) is 14.4 Å². The first-order chi connectivity index (χ1) is 16.8. The second-order valence-electron chi connectivity index (χ2n) is 10.3. The van der Waals surface area contributed by atoms with Crippen molar-refractivity contribution in [3.05, 3.63) is 17.7 Å². The maximum Gasteiger partial charge on any atom is 0.325 e. The predicted molar refractivity (Wildman–Crippen MR) is 128 cm³/mol. The minimum absolute atomic E-state index is 0.0573. The van der Waals surface area contributed by atoms with Crippen LogP contribution in [-0.4, -0.2) is 58.3 Å². The largest absolute Gasteiger partial charge is 0.493 e. The molecule has 1 aromatic rings. The number of esters is 1. The van der Waals surface area contributed by atoms with Crippen LogP contribution in [0, 0.1) is 23.2 Å². The lowest BCUT2D eigenvalue weighted by molar-refractivity contribution is -0.148. The van der Waals surface area contributed by atoms with Gasteiger partial charge in [-0.25, -0.2) is 0 Å². The van der Waals surface area contributed by atoms with E-state index < -0.39 is 11.9 Å². The van der Waals surface area contributed by atoms with Crippen LogP contribution in [0.5, 0.6) is 17.2 Å². The zero-order valence-electron chi connectivity index (χ0n) is 21.0. The lowest BCUT2D eigenvalue weighted by atomic mass is 9.48. The van der Waals surface area contributed by atoms with Gasteiger partial charge in [0.1, 0.15) is 6.54 Å². The third-order valence-electron chi connectivity index (χ3n) is 8.07. The number of ether oxygens (including phenoxy) is 4. The smallest absolute Gasteiger partial charge is 0.325 e.